The Morgan fingerprint density at radius 1 is 1.50 bits per heavy atom. The zero-order valence-electron chi connectivity index (χ0n) is 11.9. The first-order valence-electron chi connectivity index (χ1n) is 6.89. The molecule has 2 rings (SSSR count). The van der Waals surface area contributed by atoms with Crippen LogP contribution < -0.4 is 0 Å². The van der Waals surface area contributed by atoms with Gasteiger partial charge in [0.25, 0.3) is 0 Å². The fourth-order valence-electron chi connectivity index (χ4n) is 3.42. The molecular formula is C16H26O2. The Morgan fingerprint density at radius 3 is 2.67 bits per heavy atom. The van der Waals surface area contributed by atoms with Crippen molar-refractivity contribution in [2.75, 3.05) is 0 Å². The summed E-state index contributed by atoms with van der Waals surface area (Å²) < 4.78 is 0. The Bertz CT molecular complexity index is 334. The fraction of sp³-hybridized carbons (Fsp3) is 0.688. The lowest BCUT2D eigenvalue weighted by molar-refractivity contribution is -0.146. The van der Waals surface area contributed by atoms with Gasteiger partial charge >= 0.3 is 0 Å². The second-order valence-electron chi connectivity index (χ2n) is 5.77. The molecule has 0 aromatic carbocycles. The number of aliphatic hydroxyl groups is 1. The van der Waals surface area contributed by atoms with Gasteiger partial charge in [-0.15, -0.1) is 13.2 Å². The van der Waals surface area contributed by atoms with Crippen LogP contribution in [0.4, 0.5) is 0 Å². The molecular weight excluding hydrogens is 224 g/mol. The van der Waals surface area contributed by atoms with Crippen molar-refractivity contribution in [3.05, 3.63) is 25.3 Å². The van der Waals surface area contributed by atoms with Crippen molar-refractivity contribution in [2.24, 2.45) is 23.2 Å². The molecule has 1 saturated carbocycles. The molecule has 0 aromatic rings. The van der Waals surface area contributed by atoms with E-state index in [0.717, 1.165) is 19.3 Å². The predicted molar refractivity (Wildman–Crippen MR) is 75.2 cm³/mol. The molecule has 102 valence electrons. The highest BCUT2D eigenvalue weighted by atomic mass is 16.3. The molecule has 2 nitrogen and oxygen atoms in total. The van der Waals surface area contributed by atoms with E-state index in [2.05, 4.69) is 40.0 Å². The maximum Gasteiger partial charge on any atom is 0.168 e. The van der Waals surface area contributed by atoms with Gasteiger partial charge in [-0.1, -0.05) is 39.3 Å². The first kappa shape index (κ1) is 15.2. The molecule has 0 aliphatic heterocycles. The number of rotatable bonds is 1. The van der Waals surface area contributed by atoms with Gasteiger partial charge in [0, 0.05) is 5.92 Å². The molecule has 5 atom stereocenters. The van der Waals surface area contributed by atoms with Gasteiger partial charge in [0.2, 0.25) is 0 Å². The summed E-state index contributed by atoms with van der Waals surface area (Å²) in [6, 6.07) is 0. The van der Waals surface area contributed by atoms with E-state index < -0.39 is 6.10 Å². The molecule has 0 heterocycles. The number of hydrogen-bond acceptors (Lipinski definition) is 2. The third-order valence-electron chi connectivity index (χ3n) is 4.93. The van der Waals surface area contributed by atoms with E-state index in [4.69, 9.17) is 0 Å². The van der Waals surface area contributed by atoms with Gasteiger partial charge in [0.15, 0.2) is 5.78 Å². The average molecular weight is 250 g/mol. The number of carbonyl (C=O) groups is 1. The molecule has 0 aromatic heterocycles. The van der Waals surface area contributed by atoms with Crippen molar-refractivity contribution < 1.29 is 9.90 Å². The maximum absolute atomic E-state index is 12.2. The summed E-state index contributed by atoms with van der Waals surface area (Å²) in [7, 11) is 0. The van der Waals surface area contributed by atoms with E-state index in [-0.39, 0.29) is 23.0 Å². The van der Waals surface area contributed by atoms with Crippen molar-refractivity contribution >= 4 is 5.78 Å². The third kappa shape index (κ3) is 2.31. The number of allylic oxidation sites excluding steroid dienone is 2. The molecule has 0 amide bonds. The molecule has 0 saturated heterocycles. The fourth-order valence-corrected chi connectivity index (χ4v) is 3.42. The van der Waals surface area contributed by atoms with E-state index in [1.54, 1.807) is 0 Å². The summed E-state index contributed by atoms with van der Waals surface area (Å²) in [4.78, 5) is 12.2. The van der Waals surface area contributed by atoms with Gasteiger partial charge in [-0.3, -0.25) is 4.79 Å². The minimum atomic E-state index is -0.738. The predicted octanol–water partition coefficient (Wildman–Crippen LogP) is 3.37. The Hall–Kier alpha value is -0.890. The first-order chi connectivity index (χ1) is 8.50. The number of carbonyl (C=O) groups excluding carboxylic acids is 1. The molecule has 0 spiro atoms. The zero-order valence-corrected chi connectivity index (χ0v) is 11.9. The SMILES string of the molecule is C=C.CC[C@H]1C[C@@]2(C)[C@H](C=CC[C@@H]2C)C(=O)[C@@H]1O. The van der Waals surface area contributed by atoms with Crippen LogP contribution in [0.3, 0.4) is 0 Å². The summed E-state index contributed by atoms with van der Waals surface area (Å²) in [5.74, 6) is 0.674. The van der Waals surface area contributed by atoms with Gasteiger partial charge in [-0.25, -0.2) is 0 Å². The third-order valence-corrected chi connectivity index (χ3v) is 4.93. The van der Waals surface area contributed by atoms with Crippen LogP contribution in [-0.2, 0) is 4.79 Å². The molecule has 1 fully saturated rings. The van der Waals surface area contributed by atoms with Crippen LogP contribution in [0, 0.1) is 23.2 Å². The van der Waals surface area contributed by atoms with E-state index in [9.17, 15) is 9.90 Å². The highest BCUT2D eigenvalue weighted by molar-refractivity contribution is 5.88. The lowest BCUT2D eigenvalue weighted by atomic mass is 9.54. The van der Waals surface area contributed by atoms with Crippen LogP contribution >= 0.6 is 0 Å². The van der Waals surface area contributed by atoms with Crippen molar-refractivity contribution in [3.8, 4) is 0 Å². The molecule has 0 bridgehead atoms. The Morgan fingerprint density at radius 2 is 2.11 bits per heavy atom. The average Bonchev–Trinajstić information content (AvgIpc) is 2.39. The normalized spacial score (nSPS) is 42.8. The molecule has 18 heavy (non-hydrogen) atoms. The van der Waals surface area contributed by atoms with Crippen LogP contribution in [0.25, 0.3) is 0 Å². The summed E-state index contributed by atoms with van der Waals surface area (Å²) in [6.45, 7) is 12.5. The van der Waals surface area contributed by atoms with Crippen molar-refractivity contribution in [3.63, 3.8) is 0 Å². The zero-order chi connectivity index (χ0) is 13.9. The van der Waals surface area contributed by atoms with Crippen molar-refractivity contribution in [2.45, 2.75) is 46.1 Å². The van der Waals surface area contributed by atoms with Crippen molar-refractivity contribution in [1.29, 1.82) is 0 Å². The Kier molecular flexibility index (Phi) is 4.92. The monoisotopic (exact) mass is 250 g/mol. The van der Waals surface area contributed by atoms with Crippen LogP contribution in [0.2, 0.25) is 0 Å². The van der Waals surface area contributed by atoms with Gasteiger partial charge in [-0.05, 0) is 30.1 Å². The highest BCUT2D eigenvalue weighted by Crippen LogP contribution is 2.51. The molecule has 2 heteroatoms. The summed E-state index contributed by atoms with van der Waals surface area (Å²) in [5.41, 5.74) is 0.0613. The number of aliphatic hydroxyl groups excluding tert-OH is 1. The molecule has 0 radical (unpaired) electrons. The summed E-state index contributed by atoms with van der Waals surface area (Å²) in [5, 5.41) is 9.99. The second-order valence-corrected chi connectivity index (χ2v) is 5.77. The molecule has 0 unspecified atom stereocenters. The number of fused-ring (bicyclic) bond motifs is 1. The quantitative estimate of drug-likeness (QED) is 0.724. The van der Waals surface area contributed by atoms with E-state index >= 15 is 0 Å². The van der Waals surface area contributed by atoms with E-state index in [1.807, 2.05) is 6.08 Å². The summed E-state index contributed by atoms with van der Waals surface area (Å²) in [6.07, 6.45) is 6.33. The molecule has 2 aliphatic carbocycles. The highest BCUT2D eigenvalue weighted by Gasteiger charge is 2.51. The van der Waals surface area contributed by atoms with Gasteiger partial charge in [0.1, 0.15) is 6.10 Å². The smallest absolute Gasteiger partial charge is 0.168 e. The largest absolute Gasteiger partial charge is 0.385 e. The minimum Gasteiger partial charge on any atom is -0.385 e. The first-order valence-corrected chi connectivity index (χ1v) is 6.89. The van der Waals surface area contributed by atoms with Gasteiger partial charge < -0.3 is 5.11 Å². The lowest BCUT2D eigenvalue weighted by Crippen LogP contribution is -2.52. The topological polar surface area (TPSA) is 37.3 Å². The second kappa shape index (κ2) is 5.83. The molecule has 1 N–H and O–H groups in total. The van der Waals surface area contributed by atoms with Crippen LogP contribution in [0.5, 0.6) is 0 Å². The number of Topliss-reactive ketones (excluding diaryl/α,β-unsaturated/α-hetero) is 1. The summed E-state index contributed by atoms with van der Waals surface area (Å²) >= 11 is 0. The molecule has 2 aliphatic rings. The Labute approximate surface area is 111 Å². The van der Waals surface area contributed by atoms with Crippen LogP contribution in [0.1, 0.15) is 40.0 Å². The van der Waals surface area contributed by atoms with Crippen molar-refractivity contribution in [1.82, 2.24) is 0 Å². The van der Waals surface area contributed by atoms with Gasteiger partial charge in [0.05, 0.1) is 0 Å². The maximum atomic E-state index is 12.2. The van der Waals surface area contributed by atoms with Crippen LogP contribution in [0.15, 0.2) is 25.3 Å². The lowest BCUT2D eigenvalue weighted by Gasteiger charge is -2.49. The van der Waals surface area contributed by atoms with E-state index in [0.29, 0.717) is 5.92 Å². The number of ketones is 1. The number of hydrogen-bond donors (Lipinski definition) is 1. The van der Waals surface area contributed by atoms with Crippen LogP contribution in [-0.4, -0.2) is 17.0 Å². The minimum absolute atomic E-state index is 0.0448. The standard InChI is InChI=1S/C14H22O2.C2H4/c1-4-10-8-14(3)9(2)6-5-7-11(14)13(16)12(10)15;1-2/h5,7,9-12,15H,4,6,8H2,1-3H3;1-2H2/t9-,10-,11+,12+,14+;/m0./s1. The Balaban J connectivity index is 0.000000771. The van der Waals surface area contributed by atoms with Gasteiger partial charge in [-0.2, -0.15) is 0 Å². The van der Waals surface area contributed by atoms with E-state index in [1.165, 1.54) is 0 Å².